The number of hydrogen-bond acceptors (Lipinski definition) is 3. The molecule has 0 atom stereocenters. The number of Topliss-reactive ketones (excluding diaryl/α,β-unsaturated/α-hetero) is 2. The fraction of sp³-hybridized carbons (Fsp3) is 0.478. The third-order valence-electron chi connectivity index (χ3n) is 6.46. The molecule has 142 valence electrons. The van der Waals surface area contributed by atoms with Crippen LogP contribution in [0.3, 0.4) is 0 Å². The molecule has 3 nitrogen and oxygen atoms in total. The number of hydrogen-bond donors (Lipinski definition) is 1. The van der Waals surface area contributed by atoms with Crippen LogP contribution >= 0.6 is 0 Å². The van der Waals surface area contributed by atoms with Crippen LogP contribution in [0.2, 0.25) is 0 Å². The summed E-state index contributed by atoms with van der Waals surface area (Å²) in [7, 11) is 0. The number of halogens is 1. The summed E-state index contributed by atoms with van der Waals surface area (Å²) in [4.78, 5) is 26.7. The number of nitrogens with one attached hydrogen (secondary N) is 1. The second-order valence-electron chi connectivity index (χ2n) is 9.29. The standard InChI is InChI=1S/C23H26FNO2/c1-22(2)11-9-15-18(20(22)26)17(13-7-5-6-8-14(13)24)19-16(25-15)10-12-23(3,4)21(19)27/h5-8,17,25H,9-12H2,1-4H3. The fourth-order valence-electron chi connectivity index (χ4n) is 4.59. The van der Waals surface area contributed by atoms with E-state index >= 15 is 0 Å². The van der Waals surface area contributed by atoms with Crippen LogP contribution in [0.4, 0.5) is 4.39 Å². The van der Waals surface area contributed by atoms with Crippen molar-refractivity contribution in [2.45, 2.75) is 59.3 Å². The zero-order chi connectivity index (χ0) is 19.6. The van der Waals surface area contributed by atoms with E-state index in [2.05, 4.69) is 5.32 Å². The molecule has 0 unspecified atom stereocenters. The van der Waals surface area contributed by atoms with Crippen molar-refractivity contribution in [2.24, 2.45) is 10.8 Å². The van der Waals surface area contributed by atoms with Gasteiger partial charge >= 0.3 is 0 Å². The van der Waals surface area contributed by atoms with E-state index in [-0.39, 0.29) is 17.4 Å². The lowest BCUT2D eigenvalue weighted by molar-refractivity contribution is -0.125. The minimum atomic E-state index is -0.614. The number of rotatable bonds is 1. The second-order valence-corrected chi connectivity index (χ2v) is 9.29. The third kappa shape index (κ3) is 2.69. The molecule has 27 heavy (non-hydrogen) atoms. The summed E-state index contributed by atoms with van der Waals surface area (Å²) in [6.45, 7) is 7.75. The van der Waals surface area contributed by atoms with Crippen LogP contribution in [0.5, 0.6) is 0 Å². The van der Waals surface area contributed by atoms with Crippen molar-refractivity contribution in [3.05, 3.63) is 58.2 Å². The van der Waals surface area contributed by atoms with Crippen molar-refractivity contribution >= 4 is 11.6 Å². The lowest BCUT2D eigenvalue weighted by Crippen LogP contribution is -2.44. The van der Waals surface area contributed by atoms with Crippen LogP contribution in [0.1, 0.15) is 64.9 Å². The summed E-state index contributed by atoms with van der Waals surface area (Å²) in [6, 6.07) is 6.54. The van der Waals surface area contributed by atoms with E-state index in [4.69, 9.17) is 0 Å². The zero-order valence-corrected chi connectivity index (χ0v) is 16.4. The van der Waals surface area contributed by atoms with Gasteiger partial charge in [-0.15, -0.1) is 0 Å². The molecule has 0 fully saturated rings. The molecule has 0 saturated heterocycles. The quantitative estimate of drug-likeness (QED) is 0.776. The molecule has 3 aliphatic rings. The first-order valence-electron chi connectivity index (χ1n) is 9.70. The molecular formula is C23H26FNO2. The first-order valence-corrected chi connectivity index (χ1v) is 9.70. The van der Waals surface area contributed by atoms with Crippen molar-refractivity contribution < 1.29 is 14.0 Å². The Hall–Kier alpha value is -2.23. The summed E-state index contributed by atoms with van der Waals surface area (Å²) >= 11 is 0. The van der Waals surface area contributed by atoms with Gasteiger partial charge in [-0.05, 0) is 31.7 Å². The van der Waals surface area contributed by atoms with Crippen LogP contribution in [0, 0.1) is 16.6 Å². The van der Waals surface area contributed by atoms with Crippen LogP contribution in [0.15, 0.2) is 46.8 Å². The maximum Gasteiger partial charge on any atom is 0.167 e. The van der Waals surface area contributed by atoms with Crippen LogP contribution < -0.4 is 5.32 Å². The van der Waals surface area contributed by atoms with Gasteiger partial charge in [0.15, 0.2) is 11.6 Å². The molecule has 1 N–H and O–H groups in total. The summed E-state index contributed by atoms with van der Waals surface area (Å²) < 4.78 is 14.8. The van der Waals surface area contributed by atoms with Gasteiger partial charge in [-0.25, -0.2) is 4.39 Å². The molecule has 2 aliphatic carbocycles. The minimum absolute atomic E-state index is 0.0206. The van der Waals surface area contributed by atoms with Crippen LogP contribution in [0.25, 0.3) is 0 Å². The average Bonchev–Trinajstić information content (AvgIpc) is 2.61. The van der Waals surface area contributed by atoms with Gasteiger partial charge in [-0.3, -0.25) is 9.59 Å². The molecule has 1 heterocycles. The molecule has 0 bridgehead atoms. The molecule has 1 aromatic carbocycles. The van der Waals surface area contributed by atoms with Gasteiger partial charge in [0.1, 0.15) is 5.82 Å². The van der Waals surface area contributed by atoms with E-state index in [9.17, 15) is 14.0 Å². The summed E-state index contributed by atoms with van der Waals surface area (Å²) in [5, 5.41) is 3.41. The molecule has 0 spiro atoms. The number of allylic oxidation sites excluding steroid dienone is 4. The maximum atomic E-state index is 14.8. The van der Waals surface area contributed by atoms with E-state index in [1.165, 1.54) is 6.07 Å². The topological polar surface area (TPSA) is 46.2 Å². The number of carbonyl (C=O) groups is 2. The smallest absolute Gasteiger partial charge is 0.167 e. The predicted molar refractivity (Wildman–Crippen MR) is 102 cm³/mol. The molecule has 1 aromatic rings. The SMILES string of the molecule is CC1(C)CCC2=C(C1=O)C(c1ccccc1F)C1=C(CCC(C)(C)C1=O)N2. The van der Waals surface area contributed by atoms with Crippen molar-refractivity contribution in [1.82, 2.24) is 5.32 Å². The first kappa shape index (κ1) is 18.1. The van der Waals surface area contributed by atoms with Crippen LogP contribution in [-0.2, 0) is 9.59 Å². The Labute approximate surface area is 159 Å². The molecule has 4 heteroatoms. The van der Waals surface area contributed by atoms with E-state index < -0.39 is 16.7 Å². The molecule has 0 saturated carbocycles. The Morgan fingerprint density at radius 1 is 0.889 bits per heavy atom. The van der Waals surface area contributed by atoms with Gasteiger partial charge in [0.05, 0.1) is 0 Å². The van der Waals surface area contributed by atoms with Gasteiger partial charge in [0.25, 0.3) is 0 Å². The van der Waals surface area contributed by atoms with Crippen molar-refractivity contribution in [2.75, 3.05) is 0 Å². The lowest BCUT2D eigenvalue weighted by atomic mass is 9.62. The number of carbonyl (C=O) groups excluding carboxylic acids is 2. The highest BCUT2D eigenvalue weighted by molar-refractivity contribution is 6.09. The second kappa shape index (κ2) is 5.88. The molecule has 0 amide bonds. The number of dihydropyridines is 1. The highest BCUT2D eigenvalue weighted by atomic mass is 19.1. The van der Waals surface area contributed by atoms with Crippen LogP contribution in [-0.4, -0.2) is 11.6 Å². The van der Waals surface area contributed by atoms with Gasteiger partial charge in [-0.1, -0.05) is 45.9 Å². The molecule has 4 rings (SSSR count). The monoisotopic (exact) mass is 367 g/mol. The Balaban J connectivity index is 1.96. The summed E-state index contributed by atoms with van der Waals surface area (Å²) in [6.07, 6.45) is 2.99. The van der Waals surface area contributed by atoms with Crippen molar-refractivity contribution in [3.63, 3.8) is 0 Å². The Kier molecular flexibility index (Phi) is 3.95. The van der Waals surface area contributed by atoms with Crippen molar-refractivity contribution in [1.29, 1.82) is 0 Å². The maximum absolute atomic E-state index is 14.8. The Morgan fingerprint density at radius 2 is 1.37 bits per heavy atom. The number of benzene rings is 1. The largest absolute Gasteiger partial charge is 0.362 e. The van der Waals surface area contributed by atoms with Crippen molar-refractivity contribution in [3.8, 4) is 0 Å². The molecule has 0 radical (unpaired) electrons. The lowest BCUT2D eigenvalue weighted by Gasteiger charge is -2.44. The van der Waals surface area contributed by atoms with E-state index in [1.807, 2.05) is 27.7 Å². The highest BCUT2D eigenvalue weighted by Gasteiger charge is 2.49. The summed E-state index contributed by atoms with van der Waals surface area (Å²) in [5.41, 5.74) is 2.33. The molecule has 0 aromatic heterocycles. The van der Waals surface area contributed by atoms with Gasteiger partial charge in [0, 0.05) is 44.9 Å². The van der Waals surface area contributed by atoms with E-state index in [0.717, 1.165) is 37.1 Å². The van der Waals surface area contributed by atoms with Gasteiger partial charge in [0.2, 0.25) is 0 Å². The Morgan fingerprint density at radius 3 is 1.85 bits per heavy atom. The Bertz CT molecular complexity index is 868. The predicted octanol–water partition coefficient (Wildman–Crippen LogP) is 4.80. The average molecular weight is 367 g/mol. The van der Waals surface area contributed by atoms with E-state index in [1.54, 1.807) is 18.2 Å². The molecular weight excluding hydrogens is 341 g/mol. The number of ketones is 2. The summed E-state index contributed by atoms with van der Waals surface area (Å²) in [5.74, 6) is -0.938. The van der Waals surface area contributed by atoms with Gasteiger partial charge in [-0.2, -0.15) is 0 Å². The normalized spacial score (nSPS) is 24.5. The van der Waals surface area contributed by atoms with E-state index in [0.29, 0.717) is 16.7 Å². The van der Waals surface area contributed by atoms with Gasteiger partial charge < -0.3 is 5.32 Å². The first-order chi connectivity index (χ1) is 12.6. The molecule has 1 aliphatic heterocycles. The third-order valence-corrected chi connectivity index (χ3v) is 6.46. The zero-order valence-electron chi connectivity index (χ0n) is 16.4. The minimum Gasteiger partial charge on any atom is -0.362 e. The highest BCUT2D eigenvalue weighted by Crippen LogP contribution is 2.51. The fourth-order valence-corrected chi connectivity index (χ4v) is 4.59.